The van der Waals surface area contributed by atoms with E-state index in [2.05, 4.69) is 45.1 Å². The van der Waals surface area contributed by atoms with Gasteiger partial charge in [0, 0.05) is 17.2 Å². The Hall–Kier alpha value is -0.650. The number of pyridine rings is 1. The lowest BCUT2D eigenvalue weighted by Crippen LogP contribution is -2.43. The molecule has 2 rings (SSSR count). The molecule has 1 aromatic heterocycles. The van der Waals surface area contributed by atoms with Crippen LogP contribution in [0.15, 0.2) is 16.7 Å². The molecule has 2 heterocycles. The summed E-state index contributed by atoms with van der Waals surface area (Å²) < 4.78 is 0.748. The second kappa shape index (κ2) is 6.41. The van der Waals surface area contributed by atoms with Crippen molar-refractivity contribution in [3.8, 4) is 0 Å². The van der Waals surface area contributed by atoms with E-state index >= 15 is 0 Å². The number of rotatable bonds is 3. The van der Waals surface area contributed by atoms with Gasteiger partial charge in [0.1, 0.15) is 5.15 Å². The Balaban J connectivity index is 1.97. The average molecular weight is 361 g/mol. The fourth-order valence-electron chi connectivity index (χ4n) is 2.31. The number of nitrogens with one attached hydrogen (secondary N) is 1. The van der Waals surface area contributed by atoms with E-state index in [1.54, 1.807) is 12.3 Å². The SMILES string of the molecule is CN1CCC(C)(CNC(=O)c2cc(Br)cnc2Cl)CC1. The van der Waals surface area contributed by atoms with Crippen LogP contribution in [-0.4, -0.2) is 42.5 Å². The van der Waals surface area contributed by atoms with Gasteiger partial charge in [-0.1, -0.05) is 18.5 Å². The fraction of sp³-hybridized carbons (Fsp3) is 0.571. The van der Waals surface area contributed by atoms with Gasteiger partial charge in [0.2, 0.25) is 0 Å². The zero-order valence-corrected chi connectivity index (χ0v) is 14.1. The summed E-state index contributed by atoms with van der Waals surface area (Å²) in [6, 6.07) is 1.70. The molecular weight excluding hydrogens is 342 g/mol. The molecule has 1 N–H and O–H groups in total. The molecule has 1 saturated heterocycles. The molecule has 0 saturated carbocycles. The lowest BCUT2D eigenvalue weighted by molar-refractivity contribution is 0.0891. The molecule has 0 unspecified atom stereocenters. The van der Waals surface area contributed by atoms with E-state index in [4.69, 9.17) is 11.6 Å². The first-order chi connectivity index (χ1) is 9.39. The highest BCUT2D eigenvalue weighted by Gasteiger charge is 2.29. The molecular formula is C14H19BrClN3O. The molecule has 0 aromatic carbocycles. The number of hydrogen-bond acceptors (Lipinski definition) is 3. The van der Waals surface area contributed by atoms with Gasteiger partial charge in [-0.3, -0.25) is 4.79 Å². The van der Waals surface area contributed by atoms with E-state index in [1.807, 2.05) is 0 Å². The predicted molar refractivity (Wildman–Crippen MR) is 84.1 cm³/mol. The Labute approximate surface area is 133 Å². The van der Waals surface area contributed by atoms with Gasteiger partial charge in [0.25, 0.3) is 5.91 Å². The number of nitrogens with zero attached hydrogens (tertiary/aromatic N) is 2. The maximum atomic E-state index is 12.2. The highest BCUT2D eigenvalue weighted by Crippen LogP contribution is 2.29. The van der Waals surface area contributed by atoms with Gasteiger partial charge < -0.3 is 10.2 Å². The van der Waals surface area contributed by atoms with Gasteiger partial charge in [-0.15, -0.1) is 0 Å². The molecule has 110 valence electrons. The highest BCUT2D eigenvalue weighted by atomic mass is 79.9. The second-order valence-corrected chi connectivity index (χ2v) is 7.06. The highest BCUT2D eigenvalue weighted by molar-refractivity contribution is 9.10. The van der Waals surface area contributed by atoms with Crippen molar-refractivity contribution in [3.63, 3.8) is 0 Å². The van der Waals surface area contributed by atoms with Gasteiger partial charge in [0.15, 0.2) is 0 Å². The number of halogens is 2. The third-order valence-corrected chi connectivity index (χ3v) is 4.66. The van der Waals surface area contributed by atoms with Crippen LogP contribution in [0.2, 0.25) is 5.15 Å². The summed E-state index contributed by atoms with van der Waals surface area (Å²) in [5, 5.41) is 3.22. The minimum Gasteiger partial charge on any atom is -0.351 e. The maximum Gasteiger partial charge on any atom is 0.254 e. The molecule has 20 heavy (non-hydrogen) atoms. The van der Waals surface area contributed by atoms with Crippen LogP contribution < -0.4 is 5.32 Å². The quantitative estimate of drug-likeness (QED) is 0.843. The molecule has 0 radical (unpaired) electrons. The number of piperidine rings is 1. The maximum absolute atomic E-state index is 12.2. The Morgan fingerprint density at radius 2 is 2.20 bits per heavy atom. The molecule has 1 fully saturated rings. The number of carbonyl (C=O) groups excluding carboxylic acids is 1. The Morgan fingerprint density at radius 1 is 1.55 bits per heavy atom. The predicted octanol–water partition coefficient (Wildman–Crippen LogP) is 2.96. The lowest BCUT2D eigenvalue weighted by atomic mass is 9.80. The van der Waals surface area contributed by atoms with Crippen LogP contribution in [0.4, 0.5) is 0 Å². The first-order valence-electron chi connectivity index (χ1n) is 6.67. The van der Waals surface area contributed by atoms with Gasteiger partial charge in [-0.25, -0.2) is 4.98 Å². The Morgan fingerprint density at radius 3 is 2.85 bits per heavy atom. The Bertz CT molecular complexity index is 501. The van der Waals surface area contributed by atoms with E-state index in [0.29, 0.717) is 12.1 Å². The van der Waals surface area contributed by atoms with Crippen molar-refractivity contribution in [2.24, 2.45) is 5.41 Å². The van der Waals surface area contributed by atoms with Crippen LogP contribution in [-0.2, 0) is 0 Å². The van der Waals surface area contributed by atoms with Crippen molar-refractivity contribution in [1.82, 2.24) is 15.2 Å². The van der Waals surface area contributed by atoms with Gasteiger partial charge in [0.05, 0.1) is 5.56 Å². The Kier molecular flexibility index (Phi) is 5.04. The first-order valence-corrected chi connectivity index (χ1v) is 7.84. The number of likely N-dealkylation sites (tertiary alicyclic amines) is 1. The van der Waals surface area contributed by atoms with Crippen molar-refractivity contribution >= 4 is 33.4 Å². The number of aromatic nitrogens is 1. The molecule has 1 aliphatic rings. The van der Waals surface area contributed by atoms with Gasteiger partial charge in [-0.2, -0.15) is 0 Å². The van der Waals surface area contributed by atoms with E-state index in [9.17, 15) is 4.79 Å². The largest absolute Gasteiger partial charge is 0.351 e. The van der Waals surface area contributed by atoms with E-state index in [0.717, 1.165) is 30.4 Å². The third-order valence-electron chi connectivity index (χ3n) is 3.92. The van der Waals surface area contributed by atoms with Gasteiger partial charge in [-0.05, 0) is 60.4 Å². The summed E-state index contributed by atoms with van der Waals surface area (Å²) in [7, 11) is 2.13. The molecule has 1 aromatic rings. The van der Waals surface area contributed by atoms with Crippen LogP contribution in [0.5, 0.6) is 0 Å². The minimum atomic E-state index is -0.163. The average Bonchev–Trinajstić information content (AvgIpc) is 2.43. The number of amides is 1. The van der Waals surface area contributed by atoms with Crippen molar-refractivity contribution in [2.75, 3.05) is 26.7 Å². The molecule has 6 heteroatoms. The topological polar surface area (TPSA) is 45.2 Å². The number of hydrogen-bond donors (Lipinski definition) is 1. The normalized spacial score (nSPS) is 18.8. The van der Waals surface area contributed by atoms with Gasteiger partial charge >= 0.3 is 0 Å². The summed E-state index contributed by atoms with van der Waals surface area (Å²) in [6.45, 7) is 5.04. The van der Waals surface area contributed by atoms with Crippen LogP contribution in [0.25, 0.3) is 0 Å². The molecule has 1 amide bonds. The first kappa shape index (κ1) is 15.7. The van der Waals surface area contributed by atoms with Crippen molar-refractivity contribution in [2.45, 2.75) is 19.8 Å². The summed E-state index contributed by atoms with van der Waals surface area (Å²) in [6.07, 6.45) is 3.76. The summed E-state index contributed by atoms with van der Waals surface area (Å²) in [5.41, 5.74) is 0.575. The monoisotopic (exact) mass is 359 g/mol. The smallest absolute Gasteiger partial charge is 0.254 e. The molecule has 0 atom stereocenters. The van der Waals surface area contributed by atoms with Crippen LogP contribution >= 0.6 is 27.5 Å². The standard InChI is InChI=1S/C14H19BrClN3O/c1-14(3-5-19(2)6-4-14)9-18-13(20)11-7-10(15)8-17-12(11)16/h7-8H,3-6,9H2,1-2H3,(H,18,20). The second-order valence-electron chi connectivity index (χ2n) is 5.79. The summed E-state index contributed by atoms with van der Waals surface area (Å²) in [4.78, 5) is 18.5. The molecule has 1 aliphatic heterocycles. The summed E-state index contributed by atoms with van der Waals surface area (Å²) in [5.74, 6) is -0.163. The van der Waals surface area contributed by atoms with Crippen molar-refractivity contribution < 1.29 is 4.79 Å². The zero-order chi connectivity index (χ0) is 14.8. The minimum absolute atomic E-state index is 0.161. The molecule has 0 bridgehead atoms. The van der Waals surface area contributed by atoms with Crippen LogP contribution in [0, 0.1) is 5.41 Å². The lowest BCUT2D eigenvalue weighted by Gasteiger charge is -2.37. The van der Waals surface area contributed by atoms with E-state index < -0.39 is 0 Å². The summed E-state index contributed by atoms with van der Waals surface area (Å²) >= 11 is 9.27. The van der Waals surface area contributed by atoms with E-state index in [-0.39, 0.29) is 16.5 Å². The fourth-order valence-corrected chi connectivity index (χ4v) is 2.83. The zero-order valence-electron chi connectivity index (χ0n) is 11.7. The molecule has 0 aliphatic carbocycles. The third kappa shape index (κ3) is 3.93. The molecule has 4 nitrogen and oxygen atoms in total. The van der Waals surface area contributed by atoms with E-state index in [1.165, 1.54) is 0 Å². The molecule has 0 spiro atoms. The number of carbonyl (C=O) groups is 1. The van der Waals surface area contributed by atoms with Crippen LogP contribution in [0.1, 0.15) is 30.1 Å². The van der Waals surface area contributed by atoms with Crippen LogP contribution in [0.3, 0.4) is 0 Å². The van der Waals surface area contributed by atoms with Crippen molar-refractivity contribution in [1.29, 1.82) is 0 Å². The van der Waals surface area contributed by atoms with Crippen molar-refractivity contribution in [3.05, 3.63) is 27.5 Å².